The van der Waals surface area contributed by atoms with Crippen LogP contribution in [0.2, 0.25) is 0 Å². The second kappa shape index (κ2) is 8.18. The summed E-state index contributed by atoms with van der Waals surface area (Å²) in [5, 5.41) is -0.321. The van der Waals surface area contributed by atoms with Gasteiger partial charge in [0, 0.05) is 36.4 Å². The number of rotatable bonds is 6. The first-order valence-electron chi connectivity index (χ1n) is 8.33. The molecule has 1 aliphatic carbocycles. The maximum Gasteiger partial charge on any atom is 0.166 e. The first kappa shape index (κ1) is 17.6. The molecule has 0 aromatic rings. The second-order valence-corrected chi connectivity index (χ2v) is 9.95. The van der Waals surface area contributed by atoms with Gasteiger partial charge in [0.1, 0.15) is 5.37 Å². The monoisotopic (exact) mass is 334 g/mol. The van der Waals surface area contributed by atoms with Crippen molar-refractivity contribution in [3.63, 3.8) is 0 Å². The predicted molar refractivity (Wildman–Crippen MR) is 91.3 cm³/mol. The quantitative estimate of drug-likeness (QED) is 0.806. The molecule has 6 heteroatoms. The van der Waals surface area contributed by atoms with Crippen molar-refractivity contribution in [3.8, 4) is 0 Å². The predicted octanol–water partition coefficient (Wildman–Crippen LogP) is 2.09. The van der Waals surface area contributed by atoms with Gasteiger partial charge in [-0.2, -0.15) is 11.8 Å². The van der Waals surface area contributed by atoms with Crippen molar-refractivity contribution in [2.24, 2.45) is 11.7 Å². The standard InChI is InChI=1S/C15H30N2O2S2/c1-2-21(18,19)15-12-20-9-8-17(15)14(11-16)10-13-6-4-3-5-7-13/h13-15H,2-12,16H2,1H3. The molecule has 1 saturated carbocycles. The molecule has 2 aliphatic rings. The summed E-state index contributed by atoms with van der Waals surface area (Å²) in [5.41, 5.74) is 6.02. The highest BCUT2D eigenvalue weighted by Gasteiger charge is 2.37. The van der Waals surface area contributed by atoms with E-state index in [1.165, 1.54) is 32.1 Å². The first-order chi connectivity index (χ1) is 10.1. The van der Waals surface area contributed by atoms with E-state index in [0.29, 0.717) is 12.3 Å². The fourth-order valence-electron chi connectivity index (χ4n) is 3.69. The average molecular weight is 335 g/mol. The van der Waals surface area contributed by atoms with Crippen LogP contribution in [0.25, 0.3) is 0 Å². The van der Waals surface area contributed by atoms with E-state index < -0.39 is 9.84 Å². The van der Waals surface area contributed by atoms with Gasteiger partial charge < -0.3 is 5.73 Å². The minimum atomic E-state index is -3.02. The summed E-state index contributed by atoms with van der Waals surface area (Å²) >= 11 is 1.76. The van der Waals surface area contributed by atoms with Crippen molar-refractivity contribution in [2.75, 3.05) is 30.3 Å². The highest BCUT2D eigenvalue weighted by Crippen LogP contribution is 2.31. The molecule has 1 aliphatic heterocycles. The number of hydrogen-bond donors (Lipinski definition) is 1. The Balaban J connectivity index is 2.06. The van der Waals surface area contributed by atoms with Gasteiger partial charge >= 0.3 is 0 Å². The second-order valence-electron chi connectivity index (χ2n) is 6.35. The Morgan fingerprint density at radius 1 is 1.29 bits per heavy atom. The van der Waals surface area contributed by atoms with Gasteiger partial charge in [0.2, 0.25) is 0 Å². The van der Waals surface area contributed by atoms with Crippen molar-refractivity contribution < 1.29 is 8.42 Å². The number of hydrogen-bond acceptors (Lipinski definition) is 5. The molecule has 1 heterocycles. The smallest absolute Gasteiger partial charge is 0.166 e. The van der Waals surface area contributed by atoms with E-state index in [-0.39, 0.29) is 17.2 Å². The van der Waals surface area contributed by atoms with Gasteiger partial charge in [0.25, 0.3) is 0 Å². The summed E-state index contributed by atoms with van der Waals surface area (Å²) in [7, 11) is -3.02. The van der Waals surface area contributed by atoms with E-state index >= 15 is 0 Å². The fraction of sp³-hybridized carbons (Fsp3) is 1.00. The molecule has 2 fully saturated rings. The lowest BCUT2D eigenvalue weighted by Crippen LogP contribution is -2.55. The summed E-state index contributed by atoms with van der Waals surface area (Å²) in [6.07, 6.45) is 7.69. The molecular weight excluding hydrogens is 304 g/mol. The van der Waals surface area contributed by atoms with Crippen LogP contribution < -0.4 is 5.73 Å². The lowest BCUT2D eigenvalue weighted by Gasteiger charge is -2.41. The minimum Gasteiger partial charge on any atom is -0.329 e. The highest BCUT2D eigenvalue weighted by molar-refractivity contribution is 8.01. The van der Waals surface area contributed by atoms with Gasteiger partial charge in [-0.1, -0.05) is 39.0 Å². The van der Waals surface area contributed by atoms with Crippen LogP contribution in [-0.2, 0) is 9.84 Å². The SMILES string of the molecule is CCS(=O)(=O)C1CSCCN1C(CN)CC1CCCCC1. The molecule has 1 saturated heterocycles. The minimum absolute atomic E-state index is 0.232. The Morgan fingerprint density at radius 3 is 2.62 bits per heavy atom. The van der Waals surface area contributed by atoms with Crippen molar-refractivity contribution in [1.82, 2.24) is 4.90 Å². The van der Waals surface area contributed by atoms with E-state index in [2.05, 4.69) is 4.90 Å². The molecule has 2 N–H and O–H groups in total. The number of nitrogens with zero attached hydrogens (tertiary/aromatic N) is 1. The van der Waals surface area contributed by atoms with Crippen LogP contribution in [0.4, 0.5) is 0 Å². The average Bonchev–Trinajstić information content (AvgIpc) is 2.53. The summed E-state index contributed by atoms with van der Waals surface area (Å²) in [4.78, 5) is 2.21. The molecule has 4 nitrogen and oxygen atoms in total. The van der Waals surface area contributed by atoms with E-state index in [1.54, 1.807) is 18.7 Å². The fourth-order valence-corrected chi connectivity index (χ4v) is 6.78. The zero-order valence-electron chi connectivity index (χ0n) is 13.2. The molecule has 0 radical (unpaired) electrons. The first-order valence-corrected chi connectivity index (χ1v) is 11.2. The Kier molecular flexibility index (Phi) is 6.84. The largest absolute Gasteiger partial charge is 0.329 e. The van der Waals surface area contributed by atoms with Crippen LogP contribution in [0.15, 0.2) is 0 Å². The molecular formula is C15H30N2O2S2. The summed E-state index contributed by atoms with van der Waals surface area (Å²) in [6, 6.07) is 0.236. The number of nitrogens with two attached hydrogens (primary N) is 1. The molecule has 0 spiro atoms. The van der Waals surface area contributed by atoms with Crippen LogP contribution >= 0.6 is 11.8 Å². The lowest BCUT2D eigenvalue weighted by atomic mass is 9.84. The third-order valence-corrected chi connectivity index (χ3v) is 8.32. The van der Waals surface area contributed by atoms with Crippen molar-refractivity contribution in [1.29, 1.82) is 0 Å². The summed E-state index contributed by atoms with van der Waals surface area (Å²) < 4.78 is 24.8. The maximum atomic E-state index is 12.4. The van der Waals surface area contributed by atoms with Gasteiger partial charge in [-0.25, -0.2) is 8.42 Å². The summed E-state index contributed by atoms with van der Waals surface area (Å²) in [6.45, 7) is 3.20. The van der Waals surface area contributed by atoms with Crippen LogP contribution in [0.3, 0.4) is 0 Å². The molecule has 124 valence electrons. The van der Waals surface area contributed by atoms with Crippen molar-refractivity contribution in [2.45, 2.75) is 56.9 Å². The number of thioether (sulfide) groups is 1. The third-order valence-electron chi connectivity index (χ3n) is 5.01. The lowest BCUT2D eigenvalue weighted by molar-refractivity contribution is 0.156. The van der Waals surface area contributed by atoms with E-state index in [1.807, 2.05) is 0 Å². The molecule has 0 bridgehead atoms. The van der Waals surface area contributed by atoms with Crippen LogP contribution in [0, 0.1) is 5.92 Å². The molecule has 2 atom stereocenters. The Bertz CT molecular complexity index is 408. The molecule has 0 aromatic heterocycles. The maximum absolute atomic E-state index is 12.4. The van der Waals surface area contributed by atoms with Crippen LogP contribution in [-0.4, -0.2) is 55.1 Å². The van der Waals surface area contributed by atoms with Crippen molar-refractivity contribution >= 4 is 21.6 Å². The zero-order chi connectivity index (χ0) is 15.3. The highest BCUT2D eigenvalue weighted by atomic mass is 32.2. The van der Waals surface area contributed by atoms with Crippen LogP contribution in [0.5, 0.6) is 0 Å². The van der Waals surface area contributed by atoms with Crippen molar-refractivity contribution in [3.05, 3.63) is 0 Å². The van der Waals surface area contributed by atoms with Gasteiger partial charge in [-0.05, 0) is 12.3 Å². The van der Waals surface area contributed by atoms with Gasteiger partial charge in [-0.15, -0.1) is 0 Å². The zero-order valence-corrected chi connectivity index (χ0v) is 14.8. The summed E-state index contributed by atoms with van der Waals surface area (Å²) in [5.74, 6) is 2.70. The Morgan fingerprint density at radius 2 is 2.00 bits per heavy atom. The third kappa shape index (κ3) is 4.60. The molecule has 2 rings (SSSR count). The van der Waals surface area contributed by atoms with Crippen LogP contribution in [0.1, 0.15) is 45.4 Å². The van der Waals surface area contributed by atoms with Gasteiger partial charge in [-0.3, -0.25) is 4.90 Å². The Labute approximate surface area is 134 Å². The molecule has 21 heavy (non-hydrogen) atoms. The van der Waals surface area contributed by atoms with Gasteiger partial charge in [0.15, 0.2) is 9.84 Å². The Hall–Kier alpha value is 0.220. The number of sulfone groups is 1. The van der Waals surface area contributed by atoms with Gasteiger partial charge in [0.05, 0.1) is 0 Å². The van der Waals surface area contributed by atoms with E-state index in [9.17, 15) is 8.42 Å². The van der Waals surface area contributed by atoms with E-state index in [4.69, 9.17) is 5.73 Å². The molecule has 2 unspecified atom stereocenters. The topological polar surface area (TPSA) is 63.4 Å². The normalized spacial score (nSPS) is 27.6. The molecule has 0 amide bonds. The van der Waals surface area contributed by atoms with E-state index in [0.717, 1.165) is 24.6 Å². The molecule has 0 aromatic carbocycles.